The number of nitrogens with one attached hydrogen (secondary N) is 2. The van der Waals surface area contributed by atoms with Gasteiger partial charge in [0.15, 0.2) is 0 Å². The van der Waals surface area contributed by atoms with Crippen LogP contribution in [0.5, 0.6) is 0 Å². The lowest BCUT2D eigenvalue weighted by Crippen LogP contribution is -2.55. The third-order valence-electron chi connectivity index (χ3n) is 5.91. The van der Waals surface area contributed by atoms with Crippen molar-refractivity contribution in [2.75, 3.05) is 13.2 Å². The molecule has 188 valence electrons. The number of hydrogen-bond acceptors (Lipinski definition) is 5. The molecule has 1 aliphatic rings. The number of benzene rings is 2. The fraction of sp³-hybridized carbons (Fsp3) is 0.444. The SMILES string of the molecule is CC(CNC(=O)[C@@H](NC(=O)OCC1c2ccccc2-c2ccccc21)[C@@H](C)OC(C)(C)C)C(=O)O. The van der Waals surface area contributed by atoms with Crippen LogP contribution in [0.15, 0.2) is 48.5 Å². The zero-order chi connectivity index (χ0) is 25.8. The van der Waals surface area contributed by atoms with Gasteiger partial charge in [0, 0.05) is 12.5 Å². The Morgan fingerprint density at radius 3 is 2.03 bits per heavy atom. The minimum absolute atomic E-state index is 0.0702. The molecule has 0 radical (unpaired) electrons. The van der Waals surface area contributed by atoms with Gasteiger partial charge in [-0.05, 0) is 49.9 Å². The van der Waals surface area contributed by atoms with Crippen LogP contribution in [0.2, 0.25) is 0 Å². The van der Waals surface area contributed by atoms with E-state index in [1.807, 2.05) is 57.2 Å². The molecule has 1 unspecified atom stereocenters. The quantitative estimate of drug-likeness (QED) is 0.499. The van der Waals surface area contributed by atoms with Crippen molar-refractivity contribution in [2.24, 2.45) is 5.92 Å². The molecular formula is C27H34N2O6. The number of amides is 2. The van der Waals surface area contributed by atoms with Gasteiger partial charge < -0.3 is 25.2 Å². The van der Waals surface area contributed by atoms with Gasteiger partial charge in [-0.1, -0.05) is 55.5 Å². The summed E-state index contributed by atoms with van der Waals surface area (Å²) in [5, 5.41) is 14.3. The molecule has 0 heterocycles. The van der Waals surface area contributed by atoms with Crippen LogP contribution in [0.3, 0.4) is 0 Å². The maximum atomic E-state index is 12.9. The first-order chi connectivity index (χ1) is 16.5. The van der Waals surface area contributed by atoms with Crippen molar-refractivity contribution in [3.8, 4) is 11.1 Å². The summed E-state index contributed by atoms with van der Waals surface area (Å²) in [6, 6.07) is 15.0. The van der Waals surface area contributed by atoms with Crippen molar-refractivity contribution in [3.05, 3.63) is 59.7 Å². The van der Waals surface area contributed by atoms with Gasteiger partial charge >= 0.3 is 12.1 Å². The molecule has 3 atom stereocenters. The number of carboxylic acid groups (broad SMARTS) is 1. The smallest absolute Gasteiger partial charge is 0.407 e. The molecule has 0 bridgehead atoms. The summed E-state index contributed by atoms with van der Waals surface area (Å²) in [5.41, 5.74) is 3.85. The van der Waals surface area contributed by atoms with Crippen molar-refractivity contribution >= 4 is 18.0 Å². The fourth-order valence-corrected chi connectivity index (χ4v) is 4.24. The van der Waals surface area contributed by atoms with Crippen LogP contribution < -0.4 is 10.6 Å². The van der Waals surface area contributed by atoms with E-state index in [0.29, 0.717) is 0 Å². The zero-order valence-electron chi connectivity index (χ0n) is 20.8. The molecule has 0 saturated carbocycles. The highest BCUT2D eigenvalue weighted by Crippen LogP contribution is 2.44. The van der Waals surface area contributed by atoms with Crippen LogP contribution in [0.4, 0.5) is 4.79 Å². The van der Waals surface area contributed by atoms with Crippen molar-refractivity contribution in [1.82, 2.24) is 10.6 Å². The van der Waals surface area contributed by atoms with E-state index in [0.717, 1.165) is 22.3 Å². The predicted molar refractivity (Wildman–Crippen MR) is 132 cm³/mol. The molecule has 2 amide bonds. The Morgan fingerprint density at radius 2 is 1.51 bits per heavy atom. The molecule has 3 rings (SSSR count). The average Bonchev–Trinajstić information content (AvgIpc) is 3.12. The zero-order valence-corrected chi connectivity index (χ0v) is 20.8. The first kappa shape index (κ1) is 26.2. The lowest BCUT2D eigenvalue weighted by atomic mass is 9.98. The largest absolute Gasteiger partial charge is 0.481 e. The third kappa shape index (κ3) is 6.60. The second kappa shape index (κ2) is 10.9. The van der Waals surface area contributed by atoms with Gasteiger partial charge in [0.1, 0.15) is 12.6 Å². The number of rotatable bonds is 9. The molecule has 0 fully saturated rings. The maximum Gasteiger partial charge on any atom is 0.407 e. The van der Waals surface area contributed by atoms with E-state index in [9.17, 15) is 14.4 Å². The Kier molecular flexibility index (Phi) is 8.17. The van der Waals surface area contributed by atoms with E-state index in [1.165, 1.54) is 6.92 Å². The molecule has 0 spiro atoms. The minimum atomic E-state index is -1.06. The Morgan fingerprint density at radius 1 is 0.971 bits per heavy atom. The van der Waals surface area contributed by atoms with E-state index in [4.69, 9.17) is 14.6 Å². The Balaban J connectivity index is 1.69. The predicted octanol–water partition coefficient (Wildman–Crippen LogP) is 3.93. The Bertz CT molecular complexity index is 1030. The molecule has 35 heavy (non-hydrogen) atoms. The molecule has 3 N–H and O–H groups in total. The van der Waals surface area contributed by atoms with Crippen LogP contribution in [0, 0.1) is 5.92 Å². The monoisotopic (exact) mass is 482 g/mol. The third-order valence-corrected chi connectivity index (χ3v) is 5.91. The minimum Gasteiger partial charge on any atom is -0.481 e. The van der Waals surface area contributed by atoms with Crippen molar-refractivity contribution in [1.29, 1.82) is 0 Å². The number of carboxylic acids is 1. The second-order valence-electron chi connectivity index (χ2n) is 9.87. The Hall–Kier alpha value is -3.39. The highest BCUT2D eigenvalue weighted by atomic mass is 16.6. The van der Waals surface area contributed by atoms with Gasteiger partial charge in [-0.15, -0.1) is 0 Å². The van der Waals surface area contributed by atoms with Crippen molar-refractivity contribution in [2.45, 2.75) is 58.3 Å². The van der Waals surface area contributed by atoms with Gasteiger partial charge in [0.05, 0.1) is 17.6 Å². The van der Waals surface area contributed by atoms with E-state index in [2.05, 4.69) is 22.8 Å². The summed E-state index contributed by atoms with van der Waals surface area (Å²) in [6.45, 7) is 8.75. The maximum absolute atomic E-state index is 12.9. The summed E-state index contributed by atoms with van der Waals surface area (Å²) in [7, 11) is 0. The number of fused-ring (bicyclic) bond motifs is 3. The first-order valence-corrected chi connectivity index (χ1v) is 11.8. The summed E-state index contributed by atoms with van der Waals surface area (Å²) >= 11 is 0. The van der Waals surface area contributed by atoms with Gasteiger partial charge in [0.25, 0.3) is 0 Å². The lowest BCUT2D eigenvalue weighted by molar-refractivity contribution is -0.141. The first-order valence-electron chi connectivity index (χ1n) is 11.8. The van der Waals surface area contributed by atoms with Crippen LogP contribution in [-0.4, -0.2) is 54.0 Å². The van der Waals surface area contributed by atoms with E-state index in [-0.39, 0.29) is 19.1 Å². The number of carbonyl (C=O) groups is 3. The van der Waals surface area contributed by atoms with E-state index >= 15 is 0 Å². The molecule has 2 aromatic carbocycles. The van der Waals surface area contributed by atoms with Crippen molar-refractivity contribution < 1.29 is 29.0 Å². The number of aliphatic carboxylic acids is 1. The highest BCUT2D eigenvalue weighted by molar-refractivity contribution is 5.86. The molecule has 0 saturated heterocycles. The summed E-state index contributed by atoms with van der Waals surface area (Å²) in [6.07, 6.45) is -1.43. The molecule has 0 aromatic heterocycles. The number of hydrogen-bond donors (Lipinski definition) is 3. The number of ether oxygens (including phenoxy) is 2. The van der Waals surface area contributed by atoms with Gasteiger partial charge in [-0.2, -0.15) is 0 Å². The molecule has 8 nitrogen and oxygen atoms in total. The standard InChI is InChI=1S/C27H34N2O6/c1-16(25(31)32)14-28-24(30)23(17(2)35-27(3,4)5)29-26(33)34-15-22-20-12-8-6-10-18(20)19-11-7-9-13-21(19)22/h6-13,16-17,22-23H,14-15H2,1-5H3,(H,28,30)(H,29,33)(H,31,32)/t16?,17-,23+/m1/s1. The number of carbonyl (C=O) groups excluding carboxylic acids is 2. The summed E-state index contributed by atoms with van der Waals surface area (Å²) < 4.78 is 11.5. The van der Waals surface area contributed by atoms with Gasteiger partial charge in [0.2, 0.25) is 5.91 Å². The molecule has 8 heteroatoms. The topological polar surface area (TPSA) is 114 Å². The fourth-order valence-electron chi connectivity index (χ4n) is 4.24. The molecular weight excluding hydrogens is 448 g/mol. The number of alkyl carbamates (subject to hydrolysis) is 1. The summed E-state index contributed by atoms with van der Waals surface area (Å²) in [5.74, 6) is -2.44. The van der Waals surface area contributed by atoms with E-state index in [1.54, 1.807) is 6.92 Å². The van der Waals surface area contributed by atoms with E-state index < -0.39 is 41.6 Å². The normalized spacial score (nSPS) is 15.3. The van der Waals surface area contributed by atoms with Crippen LogP contribution in [0.1, 0.15) is 51.7 Å². The van der Waals surface area contributed by atoms with Gasteiger partial charge in [-0.3, -0.25) is 9.59 Å². The van der Waals surface area contributed by atoms with Gasteiger partial charge in [-0.25, -0.2) is 4.79 Å². The second-order valence-corrected chi connectivity index (χ2v) is 9.87. The van der Waals surface area contributed by atoms with Crippen LogP contribution in [0.25, 0.3) is 11.1 Å². The summed E-state index contributed by atoms with van der Waals surface area (Å²) in [4.78, 5) is 36.8. The molecule has 1 aliphatic carbocycles. The van der Waals surface area contributed by atoms with Crippen LogP contribution in [-0.2, 0) is 19.1 Å². The van der Waals surface area contributed by atoms with Crippen molar-refractivity contribution in [3.63, 3.8) is 0 Å². The molecule has 2 aromatic rings. The van der Waals surface area contributed by atoms with Crippen LogP contribution >= 0.6 is 0 Å². The Labute approximate surface area is 206 Å². The molecule has 0 aliphatic heterocycles. The average molecular weight is 483 g/mol. The lowest BCUT2D eigenvalue weighted by Gasteiger charge is -2.30. The highest BCUT2D eigenvalue weighted by Gasteiger charge is 2.33.